The minimum absolute atomic E-state index is 0.0573. The first kappa shape index (κ1) is 18.5. The zero-order valence-electron chi connectivity index (χ0n) is 12.5. The van der Waals surface area contributed by atoms with E-state index in [1.807, 2.05) is 0 Å². The molecular formula is C14H14ClF3N2O4. The lowest BCUT2D eigenvalue weighted by Gasteiger charge is -2.22. The van der Waals surface area contributed by atoms with Crippen molar-refractivity contribution in [2.45, 2.75) is 37.5 Å². The SMILES string of the molecule is CCOC(=O)[C@@H]1CC(c2ccc([N+](=O)[O-])c(Cl)c2)[C@H](C(F)(F)F)N1. The molecule has 0 spiro atoms. The Hall–Kier alpha value is -1.87. The highest BCUT2D eigenvalue weighted by molar-refractivity contribution is 6.32. The third-order valence-corrected chi connectivity index (χ3v) is 4.10. The Kier molecular flexibility index (Phi) is 5.34. The maximum absolute atomic E-state index is 13.3. The summed E-state index contributed by atoms with van der Waals surface area (Å²) in [6, 6.07) is 0.351. The molecule has 1 N–H and O–H groups in total. The molecule has 1 aliphatic rings. The van der Waals surface area contributed by atoms with E-state index in [1.165, 1.54) is 6.07 Å². The fourth-order valence-corrected chi connectivity index (χ4v) is 3.01. The lowest BCUT2D eigenvalue weighted by atomic mass is 9.90. The van der Waals surface area contributed by atoms with Gasteiger partial charge in [0.2, 0.25) is 0 Å². The number of benzene rings is 1. The van der Waals surface area contributed by atoms with Crippen molar-refractivity contribution in [2.24, 2.45) is 0 Å². The van der Waals surface area contributed by atoms with Crippen LogP contribution >= 0.6 is 11.6 Å². The maximum Gasteiger partial charge on any atom is 0.404 e. The number of alkyl halides is 3. The number of carbonyl (C=O) groups excluding carboxylic acids is 1. The first-order valence-electron chi connectivity index (χ1n) is 7.08. The van der Waals surface area contributed by atoms with Crippen molar-refractivity contribution in [1.29, 1.82) is 0 Å². The van der Waals surface area contributed by atoms with Gasteiger partial charge in [0, 0.05) is 12.0 Å². The molecule has 0 radical (unpaired) electrons. The van der Waals surface area contributed by atoms with Crippen molar-refractivity contribution in [3.63, 3.8) is 0 Å². The predicted octanol–water partition coefficient (Wildman–Crippen LogP) is 3.19. The third kappa shape index (κ3) is 3.78. The topological polar surface area (TPSA) is 81.5 Å². The average Bonchev–Trinajstić information content (AvgIpc) is 2.92. The smallest absolute Gasteiger partial charge is 0.404 e. The summed E-state index contributed by atoms with van der Waals surface area (Å²) < 4.78 is 44.6. The largest absolute Gasteiger partial charge is 0.465 e. The van der Waals surface area contributed by atoms with Gasteiger partial charge in [-0.05, 0) is 25.0 Å². The molecule has 1 saturated heterocycles. The Morgan fingerprint density at radius 1 is 1.50 bits per heavy atom. The monoisotopic (exact) mass is 366 g/mol. The number of hydrogen-bond acceptors (Lipinski definition) is 5. The van der Waals surface area contributed by atoms with Crippen molar-refractivity contribution >= 4 is 23.3 Å². The molecule has 0 aromatic heterocycles. The Labute approximate surface area is 140 Å². The summed E-state index contributed by atoms with van der Waals surface area (Å²) in [5.74, 6) is -1.86. The second kappa shape index (κ2) is 6.94. The fraction of sp³-hybridized carbons (Fsp3) is 0.500. The van der Waals surface area contributed by atoms with Gasteiger partial charge in [-0.2, -0.15) is 13.2 Å². The molecular weight excluding hydrogens is 353 g/mol. The van der Waals surface area contributed by atoms with Crippen LogP contribution in [0.1, 0.15) is 24.8 Å². The molecule has 3 atom stereocenters. The molecule has 24 heavy (non-hydrogen) atoms. The molecule has 1 fully saturated rings. The number of carbonyl (C=O) groups is 1. The molecule has 0 amide bonds. The third-order valence-electron chi connectivity index (χ3n) is 3.79. The molecule has 2 rings (SSSR count). The standard InChI is InChI=1S/C14H14ClF3N2O4/c1-2-24-13(21)10-6-8(12(19-10)14(16,17)18)7-3-4-11(20(22)23)9(15)5-7/h3-5,8,10,12,19H,2,6H2,1H3/t8?,10-,12+/m0/s1. The van der Waals surface area contributed by atoms with E-state index in [0.29, 0.717) is 0 Å². The number of rotatable bonds is 4. The summed E-state index contributed by atoms with van der Waals surface area (Å²) in [4.78, 5) is 21.8. The van der Waals surface area contributed by atoms with Gasteiger partial charge in [0.25, 0.3) is 5.69 Å². The molecule has 6 nitrogen and oxygen atoms in total. The van der Waals surface area contributed by atoms with Gasteiger partial charge >= 0.3 is 12.1 Å². The van der Waals surface area contributed by atoms with Crippen LogP contribution in [0.4, 0.5) is 18.9 Å². The quantitative estimate of drug-likeness (QED) is 0.503. The van der Waals surface area contributed by atoms with E-state index in [4.69, 9.17) is 16.3 Å². The van der Waals surface area contributed by atoms with E-state index >= 15 is 0 Å². The molecule has 132 valence electrons. The van der Waals surface area contributed by atoms with E-state index in [9.17, 15) is 28.1 Å². The Morgan fingerprint density at radius 3 is 2.67 bits per heavy atom. The summed E-state index contributed by atoms with van der Waals surface area (Å²) in [6.07, 6.45) is -4.74. The number of hydrogen-bond donors (Lipinski definition) is 1. The van der Waals surface area contributed by atoms with Crippen LogP contribution in [0, 0.1) is 10.1 Å². The van der Waals surface area contributed by atoms with Gasteiger partial charge < -0.3 is 4.74 Å². The zero-order chi connectivity index (χ0) is 18.1. The van der Waals surface area contributed by atoms with Gasteiger partial charge in [-0.3, -0.25) is 20.2 Å². The van der Waals surface area contributed by atoms with Gasteiger partial charge in [-0.15, -0.1) is 0 Å². The van der Waals surface area contributed by atoms with Gasteiger partial charge in [-0.1, -0.05) is 17.7 Å². The number of nitro benzene ring substituents is 1. The highest BCUT2D eigenvalue weighted by Gasteiger charge is 2.52. The van der Waals surface area contributed by atoms with Crippen LogP contribution in [0.2, 0.25) is 5.02 Å². The first-order chi connectivity index (χ1) is 11.1. The molecule has 1 aromatic rings. The van der Waals surface area contributed by atoms with Crippen LogP contribution in [0.15, 0.2) is 18.2 Å². The van der Waals surface area contributed by atoms with Crippen molar-refractivity contribution in [3.05, 3.63) is 38.9 Å². The zero-order valence-corrected chi connectivity index (χ0v) is 13.2. The van der Waals surface area contributed by atoms with E-state index in [1.54, 1.807) is 6.92 Å². The summed E-state index contributed by atoms with van der Waals surface area (Å²) in [6.45, 7) is 1.61. The van der Waals surface area contributed by atoms with Crippen LogP contribution in [0.3, 0.4) is 0 Å². The summed E-state index contributed by atoms with van der Waals surface area (Å²) in [5.41, 5.74) is -0.218. The van der Waals surface area contributed by atoms with Gasteiger partial charge in [0.1, 0.15) is 17.1 Å². The lowest BCUT2D eigenvalue weighted by molar-refractivity contribution is -0.384. The van der Waals surface area contributed by atoms with Crippen LogP contribution in [0.5, 0.6) is 0 Å². The van der Waals surface area contributed by atoms with Crippen LogP contribution < -0.4 is 5.32 Å². The van der Waals surface area contributed by atoms with Crippen molar-refractivity contribution < 1.29 is 27.6 Å². The molecule has 0 aliphatic carbocycles. The lowest BCUT2D eigenvalue weighted by Crippen LogP contribution is -2.45. The molecule has 1 unspecified atom stereocenters. The summed E-state index contributed by atoms with van der Waals surface area (Å²) >= 11 is 5.78. The van der Waals surface area contributed by atoms with Gasteiger partial charge in [0.15, 0.2) is 0 Å². The Morgan fingerprint density at radius 2 is 2.17 bits per heavy atom. The predicted molar refractivity (Wildman–Crippen MR) is 78.9 cm³/mol. The van der Waals surface area contributed by atoms with E-state index in [0.717, 1.165) is 12.1 Å². The minimum atomic E-state index is -4.60. The Bertz CT molecular complexity index is 653. The highest BCUT2D eigenvalue weighted by Crippen LogP contribution is 2.41. The fourth-order valence-electron chi connectivity index (χ4n) is 2.75. The van der Waals surface area contributed by atoms with Crippen LogP contribution in [0.25, 0.3) is 0 Å². The van der Waals surface area contributed by atoms with Gasteiger partial charge in [-0.25, -0.2) is 0 Å². The number of ether oxygens (including phenoxy) is 1. The van der Waals surface area contributed by atoms with Gasteiger partial charge in [0.05, 0.1) is 11.5 Å². The highest BCUT2D eigenvalue weighted by atomic mass is 35.5. The molecule has 1 aliphatic heterocycles. The number of nitrogens with one attached hydrogen (secondary N) is 1. The van der Waals surface area contributed by atoms with Crippen LogP contribution in [-0.2, 0) is 9.53 Å². The Balaban J connectivity index is 2.33. The molecule has 10 heteroatoms. The average molecular weight is 367 g/mol. The molecule has 1 aromatic carbocycles. The van der Waals surface area contributed by atoms with Crippen molar-refractivity contribution in [3.8, 4) is 0 Å². The number of nitro groups is 1. The molecule has 0 saturated carbocycles. The van der Waals surface area contributed by atoms with E-state index in [2.05, 4.69) is 5.32 Å². The second-order valence-corrected chi connectivity index (χ2v) is 5.71. The maximum atomic E-state index is 13.3. The summed E-state index contributed by atoms with van der Waals surface area (Å²) in [7, 11) is 0. The number of nitrogens with zero attached hydrogens (tertiary/aromatic N) is 1. The van der Waals surface area contributed by atoms with Crippen LogP contribution in [-0.4, -0.2) is 35.8 Å². The van der Waals surface area contributed by atoms with E-state index in [-0.39, 0.29) is 23.6 Å². The van der Waals surface area contributed by atoms with Crippen molar-refractivity contribution in [1.82, 2.24) is 5.32 Å². The minimum Gasteiger partial charge on any atom is -0.465 e. The number of esters is 1. The van der Waals surface area contributed by atoms with E-state index < -0.39 is 40.8 Å². The normalized spacial score (nSPS) is 24.0. The summed E-state index contributed by atoms with van der Waals surface area (Å²) in [5, 5.41) is 12.8. The second-order valence-electron chi connectivity index (χ2n) is 5.30. The first-order valence-corrected chi connectivity index (χ1v) is 7.46. The molecule has 0 bridgehead atoms. The van der Waals surface area contributed by atoms with Crippen molar-refractivity contribution in [2.75, 3.05) is 6.61 Å². The molecule has 1 heterocycles. The number of halogens is 4.